The van der Waals surface area contributed by atoms with Crippen LogP contribution in [-0.4, -0.2) is 12.5 Å². The molecule has 22 heavy (non-hydrogen) atoms. The number of fused-ring (bicyclic) bond motifs is 5. The smallest absolute Gasteiger partial charge is 0.222 e. The zero-order valence-corrected chi connectivity index (χ0v) is 14.2. The van der Waals surface area contributed by atoms with Gasteiger partial charge in [0.1, 0.15) is 0 Å². The van der Waals surface area contributed by atoms with Gasteiger partial charge < -0.3 is 5.32 Å². The van der Waals surface area contributed by atoms with E-state index in [1.165, 1.54) is 57.8 Å². The Hall–Kier alpha value is -0.530. The first-order valence-electron chi connectivity index (χ1n) is 9.96. The largest absolute Gasteiger partial charge is 0.356 e. The minimum Gasteiger partial charge on any atom is -0.356 e. The van der Waals surface area contributed by atoms with Crippen LogP contribution in [0.4, 0.5) is 0 Å². The Morgan fingerprint density at radius 2 is 1.59 bits per heavy atom. The third-order valence-electron chi connectivity index (χ3n) is 7.72. The Morgan fingerprint density at radius 1 is 0.909 bits per heavy atom. The van der Waals surface area contributed by atoms with Gasteiger partial charge in [-0.25, -0.2) is 0 Å². The Morgan fingerprint density at radius 3 is 2.18 bits per heavy atom. The van der Waals surface area contributed by atoms with Crippen LogP contribution in [0.5, 0.6) is 0 Å². The molecule has 5 rings (SSSR count). The van der Waals surface area contributed by atoms with Crippen molar-refractivity contribution in [3.8, 4) is 0 Å². The Kier molecular flexibility index (Phi) is 4.21. The van der Waals surface area contributed by atoms with Crippen molar-refractivity contribution in [2.75, 3.05) is 6.54 Å². The summed E-state index contributed by atoms with van der Waals surface area (Å²) < 4.78 is 0. The van der Waals surface area contributed by atoms with Gasteiger partial charge >= 0.3 is 0 Å². The van der Waals surface area contributed by atoms with Gasteiger partial charge in [-0.05, 0) is 80.5 Å². The van der Waals surface area contributed by atoms with E-state index < -0.39 is 0 Å². The number of rotatable bonds is 5. The summed E-state index contributed by atoms with van der Waals surface area (Å²) in [6, 6.07) is 0. The second kappa shape index (κ2) is 6.17. The summed E-state index contributed by atoms with van der Waals surface area (Å²) in [6.45, 7) is 3.12. The van der Waals surface area contributed by atoms with Crippen molar-refractivity contribution in [3.63, 3.8) is 0 Å². The van der Waals surface area contributed by atoms with Crippen molar-refractivity contribution in [1.29, 1.82) is 0 Å². The van der Waals surface area contributed by atoms with Crippen LogP contribution in [0.2, 0.25) is 0 Å². The summed E-state index contributed by atoms with van der Waals surface area (Å²) in [5.41, 5.74) is 0. The summed E-state index contributed by atoms with van der Waals surface area (Å²) >= 11 is 0. The molecular weight excluding hydrogens is 270 g/mol. The minimum absolute atomic E-state index is 0.227. The molecule has 4 bridgehead atoms. The van der Waals surface area contributed by atoms with E-state index in [0.29, 0.717) is 5.91 Å². The lowest BCUT2D eigenvalue weighted by molar-refractivity contribution is -0.125. The van der Waals surface area contributed by atoms with Gasteiger partial charge in [0.15, 0.2) is 0 Å². The van der Waals surface area contributed by atoms with Crippen molar-refractivity contribution in [2.45, 2.75) is 71.1 Å². The van der Waals surface area contributed by atoms with Gasteiger partial charge in [0.2, 0.25) is 5.91 Å². The lowest BCUT2D eigenvalue weighted by Gasteiger charge is -2.42. The van der Waals surface area contributed by atoms with Crippen molar-refractivity contribution in [3.05, 3.63) is 0 Å². The third kappa shape index (κ3) is 2.95. The molecule has 5 fully saturated rings. The van der Waals surface area contributed by atoms with Crippen molar-refractivity contribution >= 4 is 5.91 Å². The molecule has 124 valence electrons. The van der Waals surface area contributed by atoms with Crippen LogP contribution in [0.3, 0.4) is 0 Å². The lowest BCUT2D eigenvalue weighted by atomic mass is 9.65. The van der Waals surface area contributed by atoms with E-state index >= 15 is 0 Å². The first-order valence-corrected chi connectivity index (χ1v) is 9.96. The van der Waals surface area contributed by atoms with Crippen LogP contribution in [0.1, 0.15) is 71.1 Å². The minimum atomic E-state index is 0.227. The number of hydrogen-bond acceptors (Lipinski definition) is 1. The monoisotopic (exact) mass is 303 g/mol. The van der Waals surface area contributed by atoms with E-state index in [4.69, 9.17) is 0 Å². The first kappa shape index (κ1) is 15.0. The third-order valence-corrected chi connectivity index (χ3v) is 7.72. The van der Waals surface area contributed by atoms with Crippen molar-refractivity contribution in [1.82, 2.24) is 5.32 Å². The SMILES string of the molecule is CC(CC1CC2CCC1C2)C(=O)NCC1CC2CCC1CC2. The summed E-state index contributed by atoms with van der Waals surface area (Å²) in [6.07, 6.45) is 14.1. The molecule has 0 aromatic carbocycles. The van der Waals surface area contributed by atoms with Crippen LogP contribution in [-0.2, 0) is 4.79 Å². The normalized spacial score (nSPS) is 44.2. The fraction of sp³-hybridized carbons (Fsp3) is 0.950. The van der Waals surface area contributed by atoms with E-state index in [9.17, 15) is 4.79 Å². The summed E-state index contributed by atoms with van der Waals surface area (Å²) in [5, 5.41) is 3.32. The van der Waals surface area contributed by atoms with Gasteiger partial charge in [0, 0.05) is 12.5 Å². The summed E-state index contributed by atoms with van der Waals surface area (Å²) in [7, 11) is 0. The molecule has 0 aliphatic heterocycles. The average Bonchev–Trinajstić information content (AvgIpc) is 3.16. The lowest BCUT2D eigenvalue weighted by Crippen LogP contribution is -2.41. The molecule has 0 aromatic rings. The molecule has 5 unspecified atom stereocenters. The topological polar surface area (TPSA) is 29.1 Å². The second-order valence-electron chi connectivity index (χ2n) is 9.09. The molecule has 5 saturated carbocycles. The average molecular weight is 303 g/mol. The van der Waals surface area contributed by atoms with Gasteiger partial charge in [-0.1, -0.05) is 26.2 Å². The molecule has 0 saturated heterocycles. The second-order valence-corrected chi connectivity index (χ2v) is 9.09. The standard InChI is InChI=1S/C20H33NO/c1-13(8-18-11-15-4-7-17(18)10-15)20(22)21-12-19-9-14-2-5-16(19)6-3-14/h13-19H,2-12H2,1H3,(H,21,22). The Balaban J connectivity index is 1.22. The quantitative estimate of drug-likeness (QED) is 0.802. The van der Waals surface area contributed by atoms with Crippen molar-refractivity contribution < 1.29 is 4.79 Å². The molecule has 1 amide bonds. The number of hydrogen-bond donors (Lipinski definition) is 1. The van der Waals surface area contributed by atoms with Crippen LogP contribution >= 0.6 is 0 Å². The van der Waals surface area contributed by atoms with Gasteiger partial charge in [-0.15, -0.1) is 0 Å². The molecule has 5 atom stereocenters. The summed E-state index contributed by atoms with van der Waals surface area (Å²) in [4.78, 5) is 12.5. The van der Waals surface area contributed by atoms with E-state index in [2.05, 4.69) is 12.2 Å². The van der Waals surface area contributed by atoms with E-state index in [1.807, 2.05) is 0 Å². The van der Waals surface area contributed by atoms with Gasteiger partial charge in [-0.3, -0.25) is 4.79 Å². The molecule has 5 aliphatic rings. The Labute approximate surface area is 135 Å². The first-order chi connectivity index (χ1) is 10.7. The molecular formula is C20H33NO. The van der Waals surface area contributed by atoms with Gasteiger partial charge in [-0.2, -0.15) is 0 Å². The molecule has 2 nitrogen and oxygen atoms in total. The van der Waals surface area contributed by atoms with E-state index in [-0.39, 0.29) is 5.92 Å². The van der Waals surface area contributed by atoms with Crippen LogP contribution < -0.4 is 5.32 Å². The van der Waals surface area contributed by atoms with E-state index in [0.717, 1.165) is 48.5 Å². The fourth-order valence-electron chi connectivity index (χ4n) is 6.40. The highest BCUT2D eigenvalue weighted by atomic mass is 16.1. The van der Waals surface area contributed by atoms with E-state index in [1.54, 1.807) is 0 Å². The summed E-state index contributed by atoms with van der Waals surface area (Å²) in [5.74, 6) is 6.03. The van der Waals surface area contributed by atoms with Gasteiger partial charge in [0.25, 0.3) is 0 Å². The van der Waals surface area contributed by atoms with Gasteiger partial charge in [0.05, 0.1) is 0 Å². The molecule has 0 heterocycles. The highest BCUT2D eigenvalue weighted by molar-refractivity contribution is 5.78. The maximum Gasteiger partial charge on any atom is 0.222 e. The fourth-order valence-corrected chi connectivity index (χ4v) is 6.40. The number of carbonyl (C=O) groups excluding carboxylic acids is 1. The molecule has 0 radical (unpaired) electrons. The maximum atomic E-state index is 12.5. The zero-order valence-electron chi connectivity index (χ0n) is 14.2. The Bertz CT molecular complexity index is 412. The van der Waals surface area contributed by atoms with Crippen molar-refractivity contribution in [2.24, 2.45) is 41.4 Å². The highest BCUT2D eigenvalue weighted by Gasteiger charge is 2.40. The zero-order chi connectivity index (χ0) is 15.1. The van der Waals surface area contributed by atoms with Crippen LogP contribution in [0.15, 0.2) is 0 Å². The molecule has 5 aliphatic carbocycles. The number of carbonyl (C=O) groups is 1. The molecule has 0 spiro atoms. The molecule has 1 N–H and O–H groups in total. The predicted octanol–water partition coefficient (Wildman–Crippen LogP) is 4.39. The maximum absolute atomic E-state index is 12.5. The highest BCUT2D eigenvalue weighted by Crippen LogP contribution is 2.50. The molecule has 2 heteroatoms. The number of amides is 1. The molecule has 0 aromatic heterocycles. The van der Waals surface area contributed by atoms with Crippen LogP contribution in [0, 0.1) is 41.4 Å². The van der Waals surface area contributed by atoms with Crippen LogP contribution in [0.25, 0.3) is 0 Å². The number of nitrogens with one attached hydrogen (secondary N) is 1. The predicted molar refractivity (Wildman–Crippen MR) is 89.3 cm³/mol.